The molecule has 1 aliphatic heterocycles. The van der Waals surface area contributed by atoms with E-state index in [1.807, 2.05) is 19.0 Å². The highest BCUT2D eigenvalue weighted by atomic mass is 32.2. The Balaban J connectivity index is 1.37. The standard InChI is InChI=1S/C23H25N3S/c1-24-21-10-12-23(13-11-21)27-26-16-14-25(15-17-26)22-9-5-8-20(18-22)19-6-3-2-4-7-19/h2-13,18,24H,14-17H2,1H3. The molecule has 0 saturated carbocycles. The Morgan fingerprint density at radius 3 is 2.15 bits per heavy atom. The molecule has 1 heterocycles. The Morgan fingerprint density at radius 2 is 1.44 bits per heavy atom. The van der Waals surface area contributed by atoms with Crippen molar-refractivity contribution in [2.45, 2.75) is 4.90 Å². The third kappa shape index (κ3) is 4.46. The number of hydrogen-bond acceptors (Lipinski definition) is 4. The average molecular weight is 376 g/mol. The van der Waals surface area contributed by atoms with Gasteiger partial charge in [0.05, 0.1) is 0 Å². The van der Waals surface area contributed by atoms with Gasteiger partial charge in [-0.05, 0) is 59.5 Å². The first-order valence-corrected chi connectivity index (χ1v) is 10.2. The maximum absolute atomic E-state index is 3.17. The fraction of sp³-hybridized carbons (Fsp3) is 0.217. The van der Waals surface area contributed by atoms with Gasteiger partial charge in [-0.15, -0.1) is 0 Å². The lowest BCUT2D eigenvalue weighted by atomic mass is 10.0. The van der Waals surface area contributed by atoms with Crippen LogP contribution >= 0.6 is 11.9 Å². The fourth-order valence-electron chi connectivity index (χ4n) is 3.38. The van der Waals surface area contributed by atoms with Crippen LogP contribution in [-0.4, -0.2) is 37.5 Å². The van der Waals surface area contributed by atoms with Crippen molar-refractivity contribution in [2.75, 3.05) is 43.4 Å². The molecule has 4 heteroatoms. The molecule has 0 aromatic heterocycles. The molecule has 1 aliphatic rings. The fourth-order valence-corrected chi connectivity index (χ4v) is 4.28. The van der Waals surface area contributed by atoms with Gasteiger partial charge in [0.25, 0.3) is 0 Å². The van der Waals surface area contributed by atoms with E-state index in [0.29, 0.717) is 0 Å². The summed E-state index contributed by atoms with van der Waals surface area (Å²) in [5.41, 5.74) is 5.04. The van der Waals surface area contributed by atoms with Crippen LogP contribution in [0.1, 0.15) is 0 Å². The largest absolute Gasteiger partial charge is 0.388 e. The predicted octanol–water partition coefficient (Wildman–Crippen LogP) is 5.22. The minimum atomic E-state index is 1.06. The quantitative estimate of drug-likeness (QED) is 0.616. The molecule has 3 aromatic carbocycles. The third-order valence-corrected chi connectivity index (χ3v) is 6.04. The van der Waals surface area contributed by atoms with Crippen LogP contribution in [0.3, 0.4) is 0 Å². The second kappa shape index (κ2) is 8.51. The SMILES string of the molecule is CNc1ccc(SN2CCN(c3cccc(-c4ccccc4)c3)CC2)cc1. The topological polar surface area (TPSA) is 18.5 Å². The Bertz CT molecular complexity index is 856. The first kappa shape index (κ1) is 18.0. The first-order chi connectivity index (χ1) is 13.3. The van der Waals surface area contributed by atoms with Crippen LogP contribution in [0.15, 0.2) is 83.8 Å². The number of piperazine rings is 1. The smallest absolute Gasteiger partial charge is 0.0373 e. The van der Waals surface area contributed by atoms with Gasteiger partial charge in [-0.2, -0.15) is 0 Å². The summed E-state index contributed by atoms with van der Waals surface area (Å²) in [4.78, 5) is 3.79. The predicted molar refractivity (Wildman–Crippen MR) is 118 cm³/mol. The minimum Gasteiger partial charge on any atom is -0.388 e. The Labute approximate surface area is 166 Å². The summed E-state index contributed by atoms with van der Waals surface area (Å²) in [5, 5.41) is 3.17. The lowest BCUT2D eigenvalue weighted by molar-refractivity contribution is 0.429. The lowest BCUT2D eigenvalue weighted by Crippen LogP contribution is -2.43. The summed E-state index contributed by atoms with van der Waals surface area (Å²) < 4.78 is 2.46. The molecule has 4 rings (SSSR count). The summed E-state index contributed by atoms with van der Waals surface area (Å²) in [5.74, 6) is 0. The Kier molecular flexibility index (Phi) is 5.66. The van der Waals surface area contributed by atoms with Crippen molar-refractivity contribution in [3.63, 3.8) is 0 Å². The summed E-state index contributed by atoms with van der Waals surface area (Å²) in [6.45, 7) is 4.24. The van der Waals surface area contributed by atoms with Crippen LogP contribution in [0.5, 0.6) is 0 Å². The van der Waals surface area contributed by atoms with E-state index in [0.717, 1.165) is 31.9 Å². The molecule has 0 amide bonds. The number of nitrogens with zero attached hydrogens (tertiary/aromatic N) is 2. The van der Waals surface area contributed by atoms with E-state index in [4.69, 9.17) is 0 Å². The number of benzene rings is 3. The van der Waals surface area contributed by atoms with E-state index in [9.17, 15) is 0 Å². The molecule has 138 valence electrons. The monoisotopic (exact) mass is 375 g/mol. The molecule has 3 aromatic rings. The minimum absolute atomic E-state index is 1.06. The molecule has 0 radical (unpaired) electrons. The normalized spacial score (nSPS) is 14.9. The lowest BCUT2D eigenvalue weighted by Gasteiger charge is -2.35. The van der Waals surface area contributed by atoms with Crippen molar-refractivity contribution in [1.82, 2.24) is 4.31 Å². The van der Waals surface area contributed by atoms with E-state index in [2.05, 4.69) is 93.4 Å². The van der Waals surface area contributed by atoms with Crippen molar-refractivity contribution in [3.05, 3.63) is 78.9 Å². The summed E-state index contributed by atoms with van der Waals surface area (Å²) >= 11 is 1.86. The van der Waals surface area contributed by atoms with Crippen LogP contribution in [0.25, 0.3) is 11.1 Å². The van der Waals surface area contributed by atoms with Crippen LogP contribution in [0.2, 0.25) is 0 Å². The van der Waals surface area contributed by atoms with Crippen LogP contribution in [-0.2, 0) is 0 Å². The molecular weight excluding hydrogens is 350 g/mol. The molecule has 0 bridgehead atoms. The highest BCUT2D eigenvalue weighted by molar-refractivity contribution is 7.97. The van der Waals surface area contributed by atoms with Gasteiger partial charge in [0, 0.05) is 49.5 Å². The maximum atomic E-state index is 3.17. The average Bonchev–Trinajstić information content (AvgIpc) is 2.75. The van der Waals surface area contributed by atoms with Gasteiger partial charge in [0.1, 0.15) is 0 Å². The first-order valence-electron chi connectivity index (χ1n) is 9.43. The van der Waals surface area contributed by atoms with E-state index in [1.165, 1.54) is 21.7 Å². The van der Waals surface area contributed by atoms with Gasteiger partial charge < -0.3 is 10.2 Å². The zero-order valence-electron chi connectivity index (χ0n) is 15.6. The van der Waals surface area contributed by atoms with Gasteiger partial charge >= 0.3 is 0 Å². The molecule has 1 N–H and O–H groups in total. The highest BCUT2D eigenvalue weighted by Gasteiger charge is 2.18. The van der Waals surface area contributed by atoms with Gasteiger partial charge in [-0.25, -0.2) is 4.31 Å². The van der Waals surface area contributed by atoms with Gasteiger partial charge in [-0.1, -0.05) is 42.5 Å². The van der Waals surface area contributed by atoms with E-state index in [-0.39, 0.29) is 0 Å². The molecule has 0 spiro atoms. The Hall–Kier alpha value is -2.43. The number of nitrogens with one attached hydrogen (secondary N) is 1. The number of rotatable bonds is 5. The molecule has 1 fully saturated rings. The van der Waals surface area contributed by atoms with E-state index in [1.54, 1.807) is 0 Å². The van der Waals surface area contributed by atoms with Crippen molar-refractivity contribution < 1.29 is 0 Å². The summed E-state index contributed by atoms with van der Waals surface area (Å²) in [6, 6.07) is 28.2. The molecule has 27 heavy (non-hydrogen) atoms. The highest BCUT2D eigenvalue weighted by Crippen LogP contribution is 2.28. The number of hydrogen-bond donors (Lipinski definition) is 1. The zero-order chi connectivity index (χ0) is 18.5. The van der Waals surface area contributed by atoms with Crippen molar-refractivity contribution in [1.29, 1.82) is 0 Å². The second-order valence-corrected chi connectivity index (χ2v) is 7.87. The molecule has 0 atom stereocenters. The van der Waals surface area contributed by atoms with Gasteiger partial charge in [-0.3, -0.25) is 0 Å². The van der Waals surface area contributed by atoms with Crippen molar-refractivity contribution in [2.24, 2.45) is 0 Å². The summed E-state index contributed by atoms with van der Waals surface area (Å²) in [6.07, 6.45) is 0. The van der Waals surface area contributed by atoms with Gasteiger partial charge in [0.2, 0.25) is 0 Å². The number of anilines is 2. The summed E-state index contributed by atoms with van der Waals surface area (Å²) in [7, 11) is 1.95. The maximum Gasteiger partial charge on any atom is 0.0373 e. The Morgan fingerprint density at radius 1 is 0.741 bits per heavy atom. The van der Waals surface area contributed by atoms with Crippen LogP contribution in [0, 0.1) is 0 Å². The zero-order valence-corrected chi connectivity index (χ0v) is 16.5. The third-order valence-electron chi connectivity index (χ3n) is 4.93. The van der Waals surface area contributed by atoms with Crippen LogP contribution in [0.4, 0.5) is 11.4 Å². The molecular formula is C23H25N3S. The van der Waals surface area contributed by atoms with Crippen molar-refractivity contribution >= 4 is 23.3 Å². The molecule has 1 saturated heterocycles. The molecule has 0 aliphatic carbocycles. The van der Waals surface area contributed by atoms with E-state index >= 15 is 0 Å². The second-order valence-electron chi connectivity index (χ2n) is 6.70. The van der Waals surface area contributed by atoms with Crippen LogP contribution < -0.4 is 10.2 Å². The molecule has 3 nitrogen and oxygen atoms in total. The van der Waals surface area contributed by atoms with Crippen molar-refractivity contribution in [3.8, 4) is 11.1 Å². The molecule has 0 unspecified atom stereocenters. The van der Waals surface area contributed by atoms with E-state index < -0.39 is 0 Å². The van der Waals surface area contributed by atoms with Gasteiger partial charge in [0.15, 0.2) is 0 Å².